The first-order valence-corrected chi connectivity index (χ1v) is 8.56. The summed E-state index contributed by atoms with van der Waals surface area (Å²) in [6, 6.07) is 5.39. The van der Waals surface area contributed by atoms with Crippen molar-refractivity contribution in [2.24, 2.45) is 5.10 Å². The predicted octanol–water partition coefficient (Wildman–Crippen LogP) is 2.51. The van der Waals surface area contributed by atoms with Gasteiger partial charge in [-0.15, -0.1) is 0 Å². The SMILES string of the molecule is C/C(=N/NC(=S)NCCN1CCOCC1)c1ccc(Cl)c(Cl)c1. The van der Waals surface area contributed by atoms with Gasteiger partial charge in [0.1, 0.15) is 0 Å². The average Bonchev–Trinajstić information content (AvgIpc) is 2.56. The second-order valence-electron chi connectivity index (χ2n) is 5.15. The topological polar surface area (TPSA) is 48.9 Å². The summed E-state index contributed by atoms with van der Waals surface area (Å²) < 4.78 is 5.31. The lowest BCUT2D eigenvalue weighted by atomic mass is 10.1. The van der Waals surface area contributed by atoms with Gasteiger partial charge in [0.05, 0.1) is 29.0 Å². The van der Waals surface area contributed by atoms with Gasteiger partial charge in [-0.05, 0) is 36.8 Å². The molecule has 0 aliphatic carbocycles. The van der Waals surface area contributed by atoms with Crippen molar-refractivity contribution in [3.8, 4) is 0 Å². The average molecular weight is 375 g/mol. The van der Waals surface area contributed by atoms with Gasteiger partial charge in [0.25, 0.3) is 0 Å². The maximum Gasteiger partial charge on any atom is 0.187 e. The highest BCUT2D eigenvalue weighted by Crippen LogP contribution is 2.22. The van der Waals surface area contributed by atoms with Crippen molar-refractivity contribution in [3.63, 3.8) is 0 Å². The molecule has 0 spiro atoms. The van der Waals surface area contributed by atoms with Gasteiger partial charge >= 0.3 is 0 Å². The quantitative estimate of drug-likeness (QED) is 0.471. The Morgan fingerprint density at radius 1 is 1.30 bits per heavy atom. The lowest BCUT2D eigenvalue weighted by Crippen LogP contribution is -2.42. The van der Waals surface area contributed by atoms with Crippen LogP contribution >= 0.6 is 35.4 Å². The van der Waals surface area contributed by atoms with E-state index in [1.54, 1.807) is 12.1 Å². The molecule has 0 amide bonds. The van der Waals surface area contributed by atoms with Crippen molar-refractivity contribution in [1.82, 2.24) is 15.6 Å². The van der Waals surface area contributed by atoms with Crippen LogP contribution in [0.25, 0.3) is 0 Å². The lowest BCUT2D eigenvalue weighted by molar-refractivity contribution is 0.0389. The normalized spacial score (nSPS) is 16.2. The minimum atomic E-state index is 0.498. The van der Waals surface area contributed by atoms with Gasteiger partial charge < -0.3 is 10.1 Å². The zero-order chi connectivity index (χ0) is 16.7. The molecule has 2 rings (SSSR count). The zero-order valence-corrected chi connectivity index (χ0v) is 15.3. The molecule has 8 heteroatoms. The van der Waals surface area contributed by atoms with Crippen LogP contribution in [0, 0.1) is 0 Å². The van der Waals surface area contributed by atoms with E-state index < -0.39 is 0 Å². The molecule has 23 heavy (non-hydrogen) atoms. The van der Waals surface area contributed by atoms with Crippen molar-refractivity contribution in [2.45, 2.75) is 6.92 Å². The minimum Gasteiger partial charge on any atom is -0.379 e. The summed E-state index contributed by atoms with van der Waals surface area (Å²) in [5.74, 6) is 0. The van der Waals surface area contributed by atoms with Crippen LogP contribution in [0.1, 0.15) is 12.5 Å². The number of nitrogens with one attached hydrogen (secondary N) is 2. The Hall–Kier alpha value is -0.920. The number of hydrogen-bond acceptors (Lipinski definition) is 4. The summed E-state index contributed by atoms with van der Waals surface area (Å²) in [6.07, 6.45) is 0. The van der Waals surface area contributed by atoms with Crippen molar-refractivity contribution in [1.29, 1.82) is 0 Å². The molecule has 1 aliphatic rings. The Labute approximate surface area is 152 Å². The fourth-order valence-electron chi connectivity index (χ4n) is 2.11. The van der Waals surface area contributed by atoms with E-state index in [2.05, 4.69) is 20.7 Å². The summed E-state index contributed by atoms with van der Waals surface area (Å²) in [5, 5.41) is 8.93. The van der Waals surface area contributed by atoms with Gasteiger partial charge in [-0.1, -0.05) is 29.3 Å². The second kappa shape index (κ2) is 9.39. The number of hydrazone groups is 1. The molecule has 126 valence electrons. The molecule has 0 atom stereocenters. The van der Waals surface area contributed by atoms with E-state index in [-0.39, 0.29) is 0 Å². The molecule has 0 aromatic heterocycles. The molecule has 0 radical (unpaired) electrons. The zero-order valence-electron chi connectivity index (χ0n) is 12.9. The van der Waals surface area contributed by atoms with Crippen LogP contribution in [-0.4, -0.2) is 55.1 Å². The van der Waals surface area contributed by atoms with Crippen molar-refractivity contribution in [3.05, 3.63) is 33.8 Å². The van der Waals surface area contributed by atoms with Crippen LogP contribution in [0.15, 0.2) is 23.3 Å². The largest absolute Gasteiger partial charge is 0.379 e. The highest BCUT2D eigenvalue weighted by atomic mass is 35.5. The van der Waals surface area contributed by atoms with Crippen molar-refractivity contribution < 1.29 is 4.74 Å². The van der Waals surface area contributed by atoms with E-state index in [0.717, 1.165) is 50.7 Å². The number of nitrogens with zero attached hydrogens (tertiary/aromatic N) is 2. The molecular weight excluding hydrogens is 355 g/mol. The highest BCUT2D eigenvalue weighted by molar-refractivity contribution is 7.80. The Kier molecular flexibility index (Phi) is 7.52. The first-order valence-electron chi connectivity index (χ1n) is 7.40. The molecule has 0 saturated carbocycles. The van der Waals surface area contributed by atoms with Crippen LogP contribution < -0.4 is 10.7 Å². The van der Waals surface area contributed by atoms with Crippen LogP contribution in [0.5, 0.6) is 0 Å². The third-order valence-corrected chi connectivity index (χ3v) is 4.45. The lowest BCUT2D eigenvalue weighted by Gasteiger charge is -2.26. The van der Waals surface area contributed by atoms with Gasteiger partial charge in [0.2, 0.25) is 0 Å². The predicted molar refractivity (Wildman–Crippen MR) is 99.7 cm³/mol. The summed E-state index contributed by atoms with van der Waals surface area (Å²) in [7, 11) is 0. The summed E-state index contributed by atoms with van der Waals surface area (Å²) in [5.41, 5.74) is 4.51. The molecule has 5 nitrogen and oxygen atoms in total. The molecular formula is C15H20Cl2N4OS. The summed E-state index contributed by atoms with van der Waals surface area (Å²) in [4.78, 5) is 2.34. The van der Waals surface area contributed by atoms with Crippen LogP contribution in [0.2, 0.25) is 10.0 Å². The second-order valence-corrected chi connectivity index (χ2v) is 6.37. The third kappa shape index (κ3) is 6.24. The maximum absolute atomic E-state index is 6.00. The van der Waals surface area contributed by atoms with Gasteiger partial charge in [0.15, 0.2) is 5.11 Å². The molecule has 1 aromatic rings. The number of benzene rings is 1. The molecule has 1 aliphatic heterocycles. The molecule has 2 N–H and O–H groups in total. The highest BCUT2D eigenvalue weighted by Gasteiger charge is 2.09. The van der Waals surface area contributed by atoms with E-state index >= 15 is 0 Å². The number of halogens is 2. The molecule has 1 saturated heterocycles. The van der Waals surface area contributed by atoms with Crippen molar-refractivity contribution >= 4 is 46.2 Å². The third-order valence-electron chi connectivity index (χ3n) is 3.48. The number of thiocarbonyl (C=S) groups is 1. The first kappa shape index (κ1) is 18.4. The first-order chi connectivity index (χ1) is 11.1. The number of rotatable bonds is 5. The van der Waals surface area contributed by atoms with Crippen molar-refractivity contribution in [2.75, 3.05) is 39.4 Å². The van der Waals surface area contributed by atoms with E-state index in [1.807, 2.05) is 13.0 Å². The van der Waals surface area contributed by atoms with E-state index in [1.165, 1.54) is 0 Å². The van der Waals surface area contributed by atoms with Gasteiger partial charge in [-0.25, -0.2) is 0 Å². The molecule has 1 heterocycles. The van der Waals surface area contributed by atoms with Crippen LogP contribution in [-0.2, 0) is 4.74 Å². The Bertz CT molecular complexity index is 577. The molecule has 1 fully saturated rings. The van der Waals surface area contributed by atoms with Gasteiger partial charge in [-0.3, -0.25) is 10.3 Å². The van der Waals surface area contributed by atoms with Gasteiger partial charge in [0, 0.05) is 26.2 Å². The van der Waals surface area contributed by atoms with E-state index in [0.29, 0.717) is 15.2 Å². The van der Waals surface area contributed by atoms with Crippen LogP contribution in [0.4, 0.5) is 0 Å². The smallest absolute Gasteiger partial charge is 0.187 e. The monoisotopic (exact) mass is 374 g/mol. The molecule has 0 unspecified atom stereocenters. The number of morpholine rings is 1. The summed E-state index contributed by atoms with van der Waals surface area (Å²) >= 11 is 17.1. The molecule has 1 aromatic carbocycles. The Morgan fingerprint density at radius 2 is 2.04 bits per heavy atom. The fraction of sp³-hybridized carbons (Fsp3) is 0.467. The number of ether oxygens (including phenoxy) is 1. The minimum absolute atomic E-state index is 0.498. The van der Waals surface area contributed by atoms with E-state index in [9.17, 15) is 0 Å². The maximum atomic E-state index is 6.00. The van der Waals surface area contributed by atoms with Gasteiger partial charge in [-0.2, -0.15) is 5.10 Å². The Balaban J connectivity index is 1.74. The Morgan fingerprint density at radius 3 is 2.74 bits per heavy atom. The van der Waals surface area contributed by atoms with Crippen LogP contribution in [0.3, 0.4) is 0 Å². The number of hydrogen-bond donors (Lipinski definition) is 2. The standard InChI is InChI=1S/C15H20Cl2N4OS/c1-11(12-2-3-13(16)14(17)10-12)19-20-15(23)18-4-5-21-6-8-22-9-7-21/h2-3,10H,4-9H2,1H3,(H2,18,20,23)/b19-11-. The molecule has 0 bridgehead atoms. The fourth-order valence-corrected chi connectivity index (χ4v) is 2.56. The van der Waals surface area contributed by atoms with E-state index in [4.69, 9.17) is 40.2 Å². The summed E-state index contributed by atoms with van der Waals surface area (Å²) in [6.45, 7) is 7.12.